The molecule has 1 unspecified atom stereocenters. The third-order valence-electron chi connectivity index (χ3n) is 4.00. The summed E-state index contributed by atoms with van der Waals surface area (Å²) in [5.74, 6) is -0.135. The van der Waals surface area contributed by atoms with Crippen LogP contribution in [0.15, 0.2) is 14.6 Å². The molecule has 1 aromatic heterocycles. The molecule has 2 rings (SSSR count). The van der Waals surface area contributed by atoms with Crippen molar-refractivity contribution < 1.29 is 25.5 Å². The highest BCUT2D eigenvalue weighted by Gasteiger charge is 2.41. The topological polar surface area (TPSA) is 182 Å². The maximum Gasteiger partial charge on any atom is 0.327 e. The fraction of sp³-hybridized carbons (Fsp3) is 0.615. The van der Waals surface area contributed by atoms with Gasteiger partial charge in [-0.1, -0.05) is 0 Å². The fourth-order valence-electron chi connectivity index (χ4n) is 2.38. The first-order valence-corrected chi connectivity index (χ1v) is 7.17. The second-order valence-electron chi connectivity index (χ2n) is 5.74. The molecule has 0 fully saturated rings. The first kappa shape index (κ1) is 18.3. The van der Waals surface area contributed by atoms with Crippen molar-refractivity contribution in [1.82, 2.24) is 9.97 Å². The van der Waals surface area contributed by atoms with Gasteiger partial charge in [-0.15, -0.1) is 0 Å². The largest absolute Gasteiger partial charge is 0.394 e. The van der Waals surface area contributed by atoms with Gasteiger partial charge in [-0.25, -0.2) is 9.79 Å². The number of aliphatic imine (C=N–C) groups is 1. The maximum absolute atomic E-state index is 11.9. The molecule has 4 atom stereocenters. The summed E-state index contributed by atoms with van der Waals surface area (Å²) in [7, 11) is 0. The molecule has 11 heteroatoms. The zero-order chi connectivity index (χ0) is 18.2. The van der Waals surface area contributed by atoms with Crippen LogP contribution in [0.5, 0.6) is 0 Å². The van der Waals surface area contributed by atoms with E-state index in [4.69, 9.17) is 5.11 Å². The Morgan fingerprint density at radius 3 is 2.42 bits per heavy atom. The van der Waals surface area contributed by atoms with Crippen molar-refractivity contribution in [3.8, 4) is 0 Å². The van der Waals surface area contributed by atoms with Gasteiger partial charge in [-0.3, -0.25) is 14.8 Å². The number of fused-ring (bicyclic) bond motifs is 1. The van der Waals surface area contributed by atoms with Crippen LogP contribution in [0.1, 0.15) is 13.8 Å². The molecule has 11 nitrogen and oxygen atoms in total. The van der Waals surface area contributed by atoms with Crippen molar-refractivity contribution in [3.63, 3.8) is 0 Å². The molecule has 0 saturated heterocycles. The zero-order valence-electron chi connectivity index (χ0n) is 13.1. The van der Waals surface area contributed by atoms with E-state index in [2.05, 4.69) is 9.98 Å². The van der Waals surface area contributed by atoms with Crippen molar-refractivity contribution in [2.24, 2.45) is 4.99 Å². The van der Waals surface area contributed by atoms with Crippen molar-refractivity contribution in [2.75, 3.05) is 18.1 Å². The van der Waals surface area contributed by atoms with Crippen LogP contribution in [0.25, 0.3) is 0 Å². The molecular formula is C13H20N4O7. The monoisotopic (exact) mass is 344 g/mol. The number of nitrogens with zero attached hydrogens (tertiary/aromatic N) is 2. The van der Waals surface area contributed by atoms with Crippen LogP contribution in [-0.2, 0) is 0 Å². The van der Waals surface area contributed by atoms with E-state index in [1.807, 2.05) is 4.98 Å². The summed E-state index contributed by atoms with van der Waals surface area (Å²) in [6.45, 7) is 1.55. The Morgan fingerprint density at radius 2 is 1.83 bits per heavy atom. The molecule has 1 aliphatic rings. The average molecular weight is 344 g/mol. The highest BCUT2D eigenvalue weighted by molar-refractivity contribution is 5.98. The normalized spacial score (nSPS) is 24.1. The minimum atomic E-state index is -1.77. The van der Waals surface area contributed by atoms with Gasteiger partial charge in [0.25, 0.3) is 5.56 Å². The molecule has 7 N–H and O–H groups in total. The molecule has 24 heavy (non-hydrogen) atoms. The highest BCUT2D eigenvalue weighted by Crippen LogP contribution is 2.33. The first-order chi connectivity index (χ1) is 11.1. The zero-order valence-corrected chi connectivity index (χ0v) is 13.1. The number of nitrogens with one attached hydrogen (secondary N) is 2. The number of anilines is 1. The maximum atomic E-state index is 11.9. The summed E-state index contributed by atoms with van der Waals surface area (Å²) in [5, 5.41) is 48.7. The molecule has 1 aromatic rings. The fourth-order valence-corrected chi connectivity index (χ4v) is 2.38. The lowest BCUT2D eigenvalue weighted by Crippen LogP contribution is -2.59. The summed E-state index contributed by atoms with van der Waals surface area (Å²) in [6, 6.07) is 0. The van der Waals surface area contributed by atoms with Crippen molar-refractivity contribution in [3.05, 3.63) is 20.8 Å². The van der Waals surface area contributed by atoms with Crippen LogP contribution in [0, 0.1) is 0 Å². The molecule has 0 aliphatic carbocycles. The summed E-state index contributed by atoms with van der Waals surface area (Å²) < 4.78 is 0. The molecule has 0 amide bonds. The number of hydrogen-bond donors (Lipinski definition) is 7. The van der Waals surface area contributed by atoms with Crippen LogP contribution in [0.4, 0.5) is 11.5 Å². The SMILES string of the molecule is CC1=Nc2c([nH]c(=O)[nH]c2=O)N(C[C@H](O)[C@H](O)[C@H](O)CO)C1(C)O. The predicted octanol–water partition coefficient (Wildman–Crippen LogP) is -3.24. The van der Waals surface area contributed by atoms with E-state index in [0.717, 1.165) is 4.90 Å². The molecule has 0 radical (unpaired) electrons. The minimum Gasteiger partial charge on any atom is -0.394 e. The van der Waals surface area contributed by atoms with Gasteiger partial charge < -0.3 is 30.4 Å². The second kappa shape index (κ2) is 6.45. The predicted molar refractivity (Wildman–Crippen MR) is 83.5 cm³/mol. The number of aromatic amines is 2. The van der Waals surface area contributed by atoms with Crippen LogP contribution in [0.3, 0.4) is 0 Å². The van der Waals surface area contributed by atoms with Gasteiger partial charge in [-0.05, 0) is 13.8 Å². The number of rotatable bonds is 5. The standard InChI is InChI=1S/C13H20N4O7/c1-5-13(2,24)17(3-6(19)9(21)7(20)4-18)10-8(14-5)11(22)16-12(23)15-10/h6-7,9,18-21,24H,3-4H2,1-2H3,(H2,15,16,22,23)/t6-,7+,9-,13?/m0/s1. The van der Waals surface area contributed by atoms with Crippen LogP contribution in [0.2, 0.25) is 0 Å². The summed E-state index contributed by atoms with van der Waals surface area (Å²) in [6.07, 6.45) is -4.90. The number of aliphatic hydroxyl groups excluding tert-OH is 4. The van der Waals surface area contributed by atoms with Crippen molar-refractivity contribution in [2.45, 2.75) is 37.9 Å². The molecule has 0 aromatic carbocycles. The third-order valence-corrected chi connectivity index (χ3v) is 4.00. The smallest absolute Gasteiger partial charge is 0.327 e. The van der Waals surface area contributed by atoms with Crippen molar-refractivity contribution >= 4 is 17.2 Å². The Bertz CT molecular complexity index is 753. The lowest BCUT2D eigenvalue weighted by atomic mass is 10.0. The Kier molecular flexibility index (Phi) is 4.92. The van der Waals surface area contributed by atoms with Gasteiger partial charge in [0.2, 0.25) is 0 Å². The Morgan fingerprint density at radius 1 is 1.21 bits per heavy atom. The molecule has 0 bridgehead atoms. The number of hydrogen-bond acceptors (Lipinski definition) is 9. The lowest BCUT2D eigenvalue weighted by Gasteiger charge is -2.42. The van der Waals surface area contributed by atoms with Gasteiger partial charge in [-0.2, -0.15) is 0 Å². The quantitative estimate of drug-likeness (QED) is 0.291. The Hall–Kier alpha value is -2.05. The Labute approximate surface area is 135 Å². The molecular weight excluding hydrogens is 324 g/mol. The Balaban J connectivity index is 2.47. The lowest BCUT2D eigenvalue weighted by molar-refractivity contribution is -0.0757. The molecule has 2 heterocycles. The summed E-state index contributed by atoms with van der Waals surface area (Å²) in [4.78, 5) is 32.8. The molecule has 134 valence electrons. The van der Waals surface area contributed by atoms with Gasteiger partial charge in [0.05, 0.1) is 18.9 Å². The van der Waals surface area contributed by atoms with Crippen LogP contribution in [-0.4, -0.2) is 78.4 Å². The van der Waals surface area contributed by atoms with E-state index < -0.39 is 48.4 Å². The van der Waals surface area contributed by atoms with Gasteiger partial charge in [0.1, 0.15) is 24.1 Å². The number of aromatic nitrogens is 2. The van der Waals surface area contributed by atoms with Gasteiger partial charge in [0, 0.05) is 0 Å². The molecule has 0 spiro atoms. The average Bonchev–Trinajstić information content (AvgIpc) is 2.51. The van der Waals surface area contributed by atoms with Crippen molar-refractivity contribution in [1.29, 1.82) is 0 Å². The number of H-pyrrole nitrogens is 2. The molecule has 0 saturated carbocycles. The summed E-state index contributed by atoms with van der Waals surface area (Å²) in [5.41, 5.74) is -3.42. The van der Waals surface area contributed by atoms with E-state index in [0.29, 0.717) is 0 Å². The van der Waals surface area contributed by atoms with E-state index in [1.54, 1.807) is 0 Å². The number of β-amino-alcohol motifs (C(OH)–C–C–N with tert-alkyl or cyclic N) is 1. The highest BCUT2D eigenvalue weighted by atomic mass is 16.4. The van der Waals surface area contributed by atoms with Gasteiger partial charge in [0.15, 0.2) is 11.4 Å². The summed E-state index contributed by atoms with van der Waals surface area (Å²) >= 11 is 0. The van der Waals surface area contributed by atoms with E-state index in [-0.39, 0.29) is 17.2 Å². The van der Waals surface area contributed by atoms with Gasteiger partial charge >= 0.3 is 5.69 Å². The number of aliphatic hydroxyl groups is 5. The second-order valence-corrected chi connectivity index (χ2v) is 5.74. The molecule has 1 aliphatic heterocycles. The minimum absolute atomic E-state index is 0.122. The van der Waals surface area contributed by atoms with Crippen LogP contribution >= 0.6 is 0 Å². The van der Waals surface area contributed by atoms with Crippen LogP contribution < -0.4 is 16.1 Å². The third kappa shape index (κ3) is 3.12. The van der Waals surface area contributed by atoms with E-state index >= 15 is 0 Å². The van der Waals surface area contributed by atoms with E-state index in [1.165, 1.54) is 13.8 Å². The van der Waals surface area contributed by atoms with E-state index in [9.17, 15) is 30.0 Å². The first-order valence-electron chi connectivity index (χ1n) is 7.17.